The Balaban J connectivity index is 1.35. The van der Waals surface area contributed by atoms with Crippen LogP contribution in [0, 0.1) is 0 Å². The maximum atomic E-state index is 14.1. The van der Waals surface area contributed by atoms with E-state index >= 15 is 0 Å². The number of benzene rings is 2. The lowest BCUT2D eigenvalue weighted by Crippen LogP contribution is -2.77. The number of hydrazine groups is 1. The number of nitrogens with zero attached hydrogens (tertiary/aromatic N) is 5. The van der Waals surface area contributed by atoms with Crippen molar-refractivity contribution >= 4 is 17.8 Å². The van der Waals surface area contributed by atoms with Crippen LogP contribution in [-0.2, 0) is 22.7 Å². The Morgan fingerprint density at radius 3 is 2.56 bits per heavy atom. The molecule has 2 aliphatic heterocycles. The summed E-state index contributed by atoms with van der Waals surface area (Å²) in [7, 11) is 0. The van der Waals surface area contributed by atoms with E-state index in [1.807, 2.05) is 42.5 Å². The molecule has 1 saturated carbocycles. The van der Waals surface area contributed by atoms with E-state index in [0.29, 0.717) is 11.7 Å². The van der Waals surface area contributed by atoms with Crippen LogP contribution in [0.15, 0.2) is 85.6 Å². The van der Waals surface area contributed by atoms with Crippen molar-refractivity contribution in [3.8, 4) is 11.5 Å². The highest BCUT2D eigenvalue weighted by atomic mass is 16.5. The van der Waals surface area contributed by atoms with E-state index in [4.69, 9.17) is 4.74 Å². The van der Waals surface area contributed by atoms with Crippen LogP contribution in [0.25, 0.3) is 0 Å². The van der Waals surface area contributed by atoms with E-state index in [9.17, 15) is 19.5 Å². The maximum Gasteiger partial charge on any atom is 0.334 e. The Bertz CT molecular complexity index is 1500. The van der Waals surface area contributed by atoms with Gasteiger partial charge in [-0.2, -0.15) is 0 Å². The van der Waals surface area contributed by atoms with E-state index in [-0.39, 0.29) is 44.4 Å². The van der Waals surface area contributed by atoms with Crippen molar-refractivity contribution in [1.82, 2.24) is 30.1 Å². The minimum absolute atomic E-state index is 0.0429. The molecule has 222 valence electrons. The second-order valence-electron chi connectivity index (χ2n) is 10.9. The Hall–Kier alpha value is -4.90. The van der Waals surface area contributed by atoms with Crippen LogP contribution in [0.5, 0.6) is 11.5 Å². The SMILES string of the molecule is C=CCN1CC(=O)N2C(CN(Cc3cccnc3C3CC3)C(=O)[C@@H]2Oc2ccc(O)cc2)N1C(=O)NCc1ccccc1. The summed E-state index contributed by atoms with van der Waals surface area (Å²) in [5.74, 6) is -0.0308. The Morgan fingerprint density at radius 2 is 1.84 bits per heavy atom. The van der Waals surface area contributed by atoms with Crippen LogP contribution in [0.2, 0.25) is 0 Å². The minimum Gasteiger partial charge on any atom is -0.508 e. The van der Waals surface area contributed by atoms with Crippen LogP contribution >= 0.6 is 0 Å². The monoisotopic (exact) mass is 582 g/mol. The predicted molar refractivity (Wildman–Crippen MR) is 157 cm³/mol. The smallest absolute Gasteiger partial charge is 0.334 e. The molecule has 11 heteroatoms. The molecule has 3 aromatic rings. The number of ether oxygens (including phenoxy) is 1. The number of urea groups is 1. The average Bonchev–Trinajstić information content (AvgIpc) is 3.86. The maximum absolute atomic E-state index is 14.1. The number of piperazine rings is 1. The first-order valence-corrected chi connectivity index (χ1v) is 14.4. The number of aromatic nitrogens is 1. The molecule has 3 aliphatic rings. The van der Waals surface area contributed by atoms with Crippen LogP contribution in [0.1, 0.15) is 35.6 Å². The van der Waals surface area contributed by atoms with Crippen LogP contribution in [0.4, 0.5) is 4.79 Å². The summed E-state index contributed by atoms with van der Waals surface area (Å²) in [6.07, 6.45) is 3.33. The van der Waals surface area contributed by atoms with Gasteiger partial charge < -0.3 is 20.1 Å². The van der Waals surface area contributed by atoms with Gasteiger partial charge in [0.2, 0.25) is 5.91 Å². The molecule has 3 heterocycles. The molecule has 0 spiro atoms. The van der Waals surface area contributed by atoms with Crippen LogP contribution < -0.4 is 10.1 Å². The molecule has 0 radical (unpaired) electrons. The first-order valence-electron chi connectivity index (χ1n) is 14.4. The van der Waals surface area contributed by atoms with Gasteiger partial charge >= 0.3 is 6.03 Å². The first kappa shape index (κ1) is 28.2. The van der Waals surface area contributed by atoms with Crippen LogP contribution in [-0.4, -0.2) is 79.8 Å². The number of aromatic hydroxyl groups is 1. The number of hydrogen-bond donors (Lipinski definition) is 2. The molecule has 2 atom stereocenters. The van der Waals surface area contributed by atoms with Gasteiger partial charge in [-0.15, -0.1) is 6.58 Å². The van der Waals surface area contributed by atoms with Gasteiger partial charge in [-0.25, -0.2) is 14.8 Å². The van der Waals surface area contributed by atoms with Gasteiger partial charge in [-0.3, -0.25) is 19.5 Å². The molecule has 2 saturated heterocycles. The van der Waals surface area contributed by atoms with Gasteiger partial charge in [0, 0.05) is 37.4 Å². The third-order valence-corrected chi connectivity index (χ3v) is 7.84. The van der Waals surface area contributed by atoms with Crippen molar-refractivity contribution in [1.29, 1.82) is 0 Å². The number of nitrogens with one attached hydrogen (secondary N) is 1. The van der Waals surface area contributed by atoms with Crippen molar-refractivity contribution in [2.45, 2.75) is 44.2 Å². The molecule has 4 amide bonds. The number of phenols is 1. The first-order chi connectivity index (χ1) is 20.9. The number of carbonyl (C=O) groups excluding carboxylic acids is 3. The fourth-order valence-electron chi connectivity index (χ4n) is 5.64. The number of pyridine rings is 1. The number of phenolic OH excluding ortho intramolecular Hbond substituents is 1. The minimum atomic E-state index is -1.33. The van der Waals surface area contributed by atoms with Crippen molar-refractivity contribution < 1.29 is 24.2 Å². The van der Waals surface area contributed by atoms with Crippen molar-refractivity contribution in [3.63, 3.8) is 0 Å². The van der Waals surface area contributed by atoms with E-state index in [0.717, 1.165) is 29.7 Å². The molecule has 6 rings (SSSR count). The Kier molecular flexibility index (Phi) is 7.97. The zero-order valence-electron chi connectivity index (χ0n) is 23.7. The lowest BCUT2D eigenvalue weighted by molar-refractivity contribution is -0.205. The molecule has 2 aromatic carbocycles. The van der Waals surface area contributed by atoms with E-state index < -0.39 is 24.3 Å². The molecule has 1 unspecified atom stereocenters. The second kappa shape index (κ2) is 12.1. The molecule has 3 fully saturated rings. The predicted octanol–water partition coefficient (Wildman–Crippen LogP) is 3.20. The zero-order chi connectivity index (χ0) is 29.9. The number of fused-ring (bicyclic) bond motifs is 1. The van der Waals surface area contributed by atoms with Gasteiger partial charge in [0.1, 0.15) is 17.7 Å². The summed E-state index contributed by atoms with van der Waals surface area (Å²) in [5, 5.41) is 15.9. The molecule has 0 bridgehead atoms. The zero-order valence-corrected chi connectivity index (χ0v) is 23.7. The third kappa shape index (κ3) is 6.02. The largest absolute Gasteiger partial charge is 0.508 e. The second-order valence-corrected chi connectivity index (χ2v) is 10.9. The van der Waals surface area contributed by atoms with Gasteiger partial charge in [0.25, 0.3) is 12.1 Å². The lowest BCUT2D eigenvalue weighted by atomic mass is 10.1. The van der Waals surface area contributed by atoms with E-state index in [2.05, 4.69) is 16.9 Å². The highest BCUT2D eigenvalue weighted by molar-refractivity contribution is 5.91. The normalized spacial score (nSPS) is 20.5. The average molecular weight is 583 g/mol. The fourth-order valence-corrected chi connectivity index (χ4v) is 5.64. The summed E-state index contributed by atoms with van der Waals surface area (Å²) >= 11 is 0. The molecule has 43 heavy (non-hydrogen) atoms. The fraction of sp³-hybridized carbons (Fsp3) is 0.312. The standard InChI is InChI=1S/C32H34N6O5/c1-2-17-36-21-28(40)37-27(38(36)32(42)34-18-22-7-4-3-5-8-22)20-35(19-24-9-6-16-33-29(24)23-10-11-23)30(41)31(37)43-26-14-12-25(39)13-15-26/h2-9,12-16,23,27,31,39H,1,10-11,17-21H2,(H,34,42)/t27?,31-/m0/s1. The topological polar surface area (TPSA) is 119 Å². The Labute approximate surface area is 249 Å². The van der Waals surface area contributed by atoms with Gasteiger partial charge in [0.05, 0.1) is 13.1 Å². The van der Waals surface area contributed by atoms with Crippen molar-refractivity contribution in [2.75, 3.05) is 19.6 Å². The molecular weight excluding hydrogens is 548 g/mol. The van der Waals surface area contributed by atoms with E-state index in [1.165, 1.54) is 34.2 Å². The van der Waals surface area contributed by atoms with Crippen molar-refractivity contribution in [3.05, 3.63) is 102 Å². The van der Waals surface area contributed by atoms with Gasteiger partial charge in [-0.1, -0.05) is 42.5 Å². The molecule has 2 N–H and O–H groups in total. The lowest BCUT2D eigenvalue weighted by Gasteiger charge is -2.54. The summed E-state index contributed by atoms with van der Waals surface area (Å²) in [6, 6.07) is 18.9. The number of carbonyl (C=O) groups is 3. The van der Waals surface area contributed by atoms with Crippen LogP contribution in [0.3, 0.4) is 0 Å². The quantitative estimate of drug-likeness (QED) is 0.372. The van der Waals surface area contributed by atoms with Gasteiger partial charge in [-0.05, 0) is 54.3 Å². The molecule has 11 nitrogen and oxygen atoms in total. The molecule has 1 aromatic heterocycles. The summed E-state index contributed by atoms with van der Waals surface area (Å²) in [4.78, 5) is 49.2. The third-order valence-electron chi connectivity index (χ3n) is 7.84. The number of hydrogen-bond acceptors (Lipinski definition) is 7. The van der Waals surface area contributed by atoms with Gasteiger partial charge in [0.15, 0.2) is 0 Å². The highest BCUT2D eigenvalue weighted by Crippen LogP contribution is 2.41. The summed E-state index contributed by atoms with van der Waals surface area (Å²) in [5.41, 5.74) is 2.83. The molecule has 1 aliphatic carbocycles. The van der Waals surface area contributed by atoms with Crippen molar-refractivity contribution in [2.24, 2.45) is 0 Å². The number of amides is 4. The summed E-state index contributed by atoms with van der Waals surface area (Å²) < 4.78 is 6.16. The highest BCUT2D eigenvalue weighted by Gasteiger charge is 2.52. The Morgan fingerprint density at radius 1 is 1.07 bits per heavy atom. The van der Waals surface area contributed by atoms with E-state index in [1.54, 1.807) is 22.2 Å². The molecular formula is C32H34N6O5. The summed E-state index contributed by atoms with van der Waals surface area (Å²) in [6.45, 7) is 4.55. The number of rotatable bonds is 9.